The van der Waals surface area contributed by atoms with Gasteiger partial charge >= 0.3 is 0 Å². The van der Waals surface area contributed by atoms with Crippen LogP contribution in [0.25, 0.3) is 0 Å². The molecular formula is C9H12O2S. The van der Waals surface area contributed by atoms with Gasteiger partial charge < -0.3 is 5.11 Å². The topological polar surface area (TPSA) is 37.3 Å². The Morgan fingerprint density at radius 2 is 2.17 bits per heavy atom. The molecule has 0 spiro atoms. The van der Waals surface area contributed by atoms with E-state index < -0.39 is 11.2 Å². The van der Waals surface area contributed by atoms with Gasteiger partial charge in [-0.2, -0.15) is 0 Å². The van der Waals surface area contributed by atoms with Gasteiger partial charge in [-0.25, -0.2) is 0 Å². The maximum Gasteiger partial charge on any atom is 0.214 e. The highest BCUT2D eigenvalue weighted by molar-refractivity contribution is 7.96. The van der Waals surface area contributed by atoms with Crippen LogP contribution >= 0.6 is 12.6 Å². The molecule has 0 fully saturated rings. The van der Waals surface area contributed by atoms with Crippen molar-refractivity contribution in [1.82, 2.24) is 0 Å². The Morgan fingerprint density at radius 3 is 2.67 bits per heavy atom. The van der Waals surface area contributed by atoms with Gasteiger partial charge in [-0.05, 0) is 6.42 Å². The first-order valence-electron chi connectivity index (χ1n) is 3.53. The molecule has 2 nitrogen and oxygen atoms in total. The number of rotatable bonds is 5. The van der Waals surface area contributed by atoms with Crippen LogP contribution in [0.5, 0.6) is 0 Å². The second-order valence-electron chi connectivity index (χ2n) is 2.14. The van der Waals surface area contributed by atoms with E-state index in [0.717, 1.165) is 0 Å². The zero-order valence-electron chi connectivity index (χ0n) is 6.68. The Bertz CT molecular complexity index is 207. The molecule has 0 unspecified atom stereocenters. The standard InChI is InChI=1S/C9H12O2S/c1-2-3-4-5-6-7-8(10)9(11)12/h2-6,8,10H,1,7H2,(H,11,12)/b4-3-,6-5-/t8-/m0/s1. The summed E-state index contributed by atoms with van der Waals surface area (Å²) in [5.41, 5.74) is 0. The highest BCUT2D eigenvalue weighted by atomic mass is 32.1. The van der Waals surface area contributed by atoms with Crippen molar-refractivity contribution in [2.75, 3.05) is 0 Å². The SMILES string of the molecule is C=C/C=C\C=C/C[C@H](O)C(=O)S. The van der Waals surface area contributed by atoms with Crippen LogP contribution in [-0.4, -0.2) is 16.3 Å². The lowest BCUT2D eigenvalue weighted by Gasteiger charge is -1.98. The first-order chi connectivity index (χ1) is 5.68. The molecule has 0 aliphatic carbocycles. The van der Waals surface area contributed by atoms with Crippen molar-refractivity contribution < 1.29 is 9.90 Å². The van der Waals surface area contributed by atoms with E-state index in [0.29, 0.717) is 6.42 Å². The molecule has 3 heteroatoms. The fourth-order valence-electron chi connectivity index (χ4n) is 0.530. The van der Waals surface area contributed by atoms with Gasteiger partial charge in [-0.1, -0.05) is 37.0 Å². The van der Waals surface area contributed by atoms with Crippen LogP contribution in [0.15, 0.2) is 37.0 Å². The summed E-state index contributed by atoms with van der Waals surface area (Å²) in [6, 6.07) is 0. The van der Waals surface area contributed by atoms with Crippen molar-refractivity contribution in [1.29, 1.82) is 0 Å². The molecule has 0 saturated carbocycles. The number of thiol groups is 1. The smallest absolute Gasteiger partial charge is 0.214 e. The summed E-state index contributed by atoms with van der Waals surface area (Å²) in [6.45, 7) is 3.49. The molecule has 0 bridgehead atoms. The number of allylic oxidation sites excluding steroid dienone is 4. The predicted molar refractivity (Wildman–Crippen MR) is 53.1 cm³/mol. The van der Waals surface area contributed by atoms with Crippen molar-refractivity contribution in [2.24, 2.45) is 0 Å². The molecule has 0 aromatic carbocycles. The molecule has 0 aromatic heterocycles. The molecule has 1 atom stereocenters. The Kier molecular flexibility index (Phi) is 6.42. The number of aliphatic hydroxyl groups excluding tert-OH is 1. The number of aliphatic hydroxyl groups is 1. The first-order valence-corrected chi connectivity index (χ1v) is 3.98. The number of hydrogen-bond acceptors (Lipinski definition) is 2. The van der Waals surface area contributed by atoms with Gasteiger partial charge in [0.2, 0.25) is 5.12 Å². The molecule has 0 aliphatic rings. The summed E-state index contributed by atoms with van der Waals surface area (Å²) in [5, 5.41) is 8.45. The Balaban J connectivity index is 3.67. The average Bonchev–Trinajstić information content (AvgIpc) is 2.03. The highest BCUT2D eigenvalue weighted by Gasteiger charge is 2.06. The summed E-state index contributed by atoms with van der Waals surface area (Å²) in [7, 11) is 0. The third-order valence-electron chi connectivity index (χ3n) is 1.14. The fourth-order valence-corrected chi connectivity index (χ4v) is 0.635. The van der Waals surface area contributed by atoms with Gasteiger partial charge in [0.05, 0.1) is 0 Å². The highest BCUT2D eigenvalue weighted by Crippen LogP contribution is 1.97. The monoisotopic (exact) mass is 184 g/mol. The molecule has 0 aromatic rings. The van der Waals surface area contributed by atoms with Gasteiger partial charge in [0.1, 0.15) is 6.10 Å². The van der Waals surface area contributed by atoms with Crippen LogP contribution < -0.4 is 0 Å². The van der Waals surface area contributed by atoms with E-state index in [9.17, 15) is 4.79 Å². The second kappa shape index (κ2) is 6.88. The molecule has 0 heterocycles. The van der Waals surface area contributed by atoms with Crippen LogP contribution in [-0.2, 0) is 4.79 Å². The lowest BCUT2D eigenvalue weighted by atomic mass is 10.2. The Hall–Kier alpha value is -0.800. The van der Waals surface area contributed by atoms with Gasteiger partial charge in [-0.15, -0.1) is 12.6 Å². The summed E-state index contributed by atoms with van der Waals surface area (Å²) < 4.78 is 0. The van der Waals surface area contributed by atoms with E-state index >= 15 is 0 Å². The summed E-state index contributed by atoms with van der Waals surface area (Å²) >= 11 is 3.48. The van der Waals surface area contributed by atoms with Gasteiger partial charge in [0, 0.05) is 0 Å². The minimum absolute atomic E-state index is 0.295. The fraction of sp³-hybridized carbons (Fsp3) is 0.222. The van der Waals surface area contributed by atoms with E-state index in [4.69, 9.17) is 5.11 Å². The second-order valence-corrected chi connectivity index (χ2v) is 2.58. The molecule has 0 saturated heterocycles. The molecule has 0 rings (SSSR count). The van der Waals surface area contributed by atoms with E-state index in [-0.39, 0.29) is 0 Å². The third-order valence-corrected chi connectivity index (χ3v) is 1.44. The van der Waals surface area contributed by atoms with Crippen LogP contribution in [0, 0.1) is 0 Å². The normalized spacial score (nSPS) is 13.8. The lowest BCUT2D eigenvalue weighted by Crippen LogP contribution is -2.12. The molecular weight excluding hydrogens is 172 g/mol. The van der Waals surface area contributed by atoms with E-state index in [1.165, 1.54) is 0 Å². The maximum absolute atomic E-state index is 10.4. The van der Waals surface area contributed by atoms with Crippen LogP contribution in [0.4, 0.5) is 0 Å². The third kappa shape index (κ3) is 5.95. The zero-order chi connectivity index (χ0) is 9.40. The Morgan fingerprint density at radius 1 is 1.50 bits per heavy atom. The molecule has 1 N–H and O–H groups in total. The van der Waals surface area contributed by atoms with Gasteiger partial charge in [0.25, 0.3) is 0 Å². The number of hydrogen-bond donors (Lipinski definition) is 2. The van der Waals surface area contributed by atoms with Crippen molar-refractivity contribution >= 4 is 17.7 Å². The molecule has 0 radical (unpaired) electrons. The summed E-state index contributed by atoms with van der Waals surface area (Å²) in [4.78, 5) is 10.4. The van der Waals surface area contributed by atoms with Crippen molar-refractivity contribution in [3.05, 3.63) is 37.0 Å². The van der Waals surface area contributed by atoms with E-state index in [2.05, 4.69) is 19.2 Å². The van der Waals surface area contributed by atoms with Gasteiger partial charge in [0.15, 0.2) is 0 Å². The average molecular weight is 184 g/mol. The molecule has 66 valence electrons. The summed E-state index contributed by atoms with van der Waals surface area (Å²) in [6.07, 6.45) is 7.89. The molecule has 12 heavy (non-hydrogen) atoms. The molecule has 0 amide bonds. The van der Waals surface area contributed by atoms with E-state index in [1.807, 2.05) is 0 Å². The maximum atomic E-state index is 10.4. The van der Waals surface area contributed by atoms with Crippen LogP contribution in [0.2, 0.25) is 0 Å². The largest absolute Gasteiger partial charge is 0.384 e. The van der Waals surface area contributed by atoms with Crippen LogP contribution in [0.1, 0.15) is 6.42 Å². The minimum atomic E-state index is -0.998. The minimum Gasteiger partial charge on any atom is -0.384 e. The molecule has 0 aliphatic heterocycles. The lowest BCUT2D eigenvalue weighted by molar-refractivity contribution is -0.117. The Labute approximate surface area is 77.7 Å². The first kappa shape index (κ1) is 11.2. The zero-order valence-corrected chi connectivity index (χ0v) is 7.58. The van der Waals surface area contributed by atoms with Gasteiger partial charge in [-0.3, -0.25) is 4.79 Å². The van der Waals surface area contributed by atoms with Crippen LogP contribution in [0.3, 0.4) is 0 Å². The number of carbonyl (C=O) groups excluding carboxylic acids is 1. The van der Waals surface area contributed by atoms with E-state index in [1.54, 1.807) is 30.4 Å². The predicted octanol–water partition coefficient (Wildman–Crippen LogP) is 1.49. The van der Waals surface area contributed by atoms with Crippen molar-refractivity contribution in [2.45, 2.75) is 12.5 Å². The van der Waals surface area contributed by atoms with Crippen molar-refractivity contribution in [3.8, 4) is 0 Å². The summed E-state index contributed by atoms with van der Waals surface area (Å²) in [5.74, 6) is 0. The quantitative estimate of drug-likeness (QED) is 0.502. The van der Waals surface area contributed by atoms with Crippen molar-refractivity contribution in [3.63, 3.8) is 0 Å². The number of carbonyl (C=O) groups is 1.